The van der Waals surface area contributed by atoms with Crippen LogP contribution in [0.5, 0.6) is 0 Å². The molecule has 90 valence electrons. The summed E-state index contributed by atoms with van der Waals surface area (Å²) < 4.78 is 1.91. The molecular formula is C13H12N4O. The molecule has 0 aromatic carbocycles. The number of hydrogen-bond acceptors (Lipinski definition) is 3. The molecule has 0 saturated heterocycles. The second kappa shape index (κ2) is 3.80. The quantitative estimate of drug-likeness (QED) is 0.709. The van der Waals surface area contributed by atoms with Crippen molar-refractivity contribution < 1.29 is 4.79 Å². The number of carbonyl (C=O) groups is 1. The monoisotopic (exact) mass is 240 g/mol. The van der Waals surface area contributed by atoms with Crippen LogP contribution in [0, 0.1) is 6.92 Å². The zero-order valence-electron chi connectivity index (χ0n) is 10.1. The van der Waals surface area contributed by atoms with Crippen molar-refractivity contribution in [2.75, 3.05) is 5.32 Å². The molecule has 0 bridgehead atoms. The summed E-state index contributed by atoms with van der Waals surface area (Å²) in [5.41, 5.74) is 3.83. The lowest BCUT2D eigenvalue weighted by Crippen LogP contribution is -2.07. The molecule has 3 rings (SSSR count). The molecule has 5 nitrogen and oxygen atoms in total. The first-order valence-electron chi connectivity index (χ1n) is 5.67. The van der Waals surface area contributed by atoms with Crippen LogP contribution in [0.2, 0.25) is 0 Å². The van der Waals surface area contributed by atoms with Gasteiger partial charge in [-0.1, -0.05) is 6.07 Å². The normalized spacial score (nSPS) is 11.0. The highest BCUT2D eigenvalue weighted by Gasteiger charge is 2.11. The molecule has 0 radical (unpaired) electrons. The summed E-state index contributed by atoms with van der Waals surface area (Å²) in [7, 11) is 0. The fourth-order valence-electron chi connectivity index (χ4n) is 2.03. The Kier molecular flexibility index (Phi) is 2.26. The Morgan fingerprint density at radius 3 is 2.94 bits per heavy atom. The first kappa shape index (κ1) is 10.7. The summed E-state index contributed by atoms with van der Waals surface area (Å²) in [5, 5.41) is 2.79. The maximum atomic E-state index is 11.2. The van der Waals surface area contributed by atoms with Crippen LogP contribution in [0.3, 0.4) is 0 Å². The van der Waals surface area contributed by atoms with Gasteiger partial charge >= 0.3 is 0 Å². The minimum atomic E-state index is -0.112. The number of aromatic nitrogens is 3. The average molecular weight is 240 g/mol. The molecule has 0 spiro atoms. The lowest BCUT2D eigenvalue weighted by Gasteiger charge is -2.04. The Balaban J connectivity index is 2.39. The molecule has 5 heteroatoms. The van der Waals surface area contributed by atoms with Crippen LogP contribution in [-0.4, -0.2) is 20.3 Å². The second-order valence-corrected chi connectivity index (χ2v) is 4.21. The minimum Gasteiger partial charge on any atom is -0.324 e. The molecule has 3 aromatic heterocycles. The van der Waals surface area contributed by atoms with Crippen molar-refractivity contribution in [3.8, 4) is 0 Å². The molecule has 0 atom stereocenters. The number of imidazole rings is 1. The molecule has 0 aliphatic rings. The summed E-state index contributed by atoms with van der Waals surface area (Å²) in [5.74, 6) is -0.112. The van der Waals surface area contributed by atoms with Crippen molar-refractivity contribution in [1.29, 1.82) is 0 Å². The van der Waals surface area contributed by atoms with Gasteiger partial charge in [0, 0.05) is 18.8 Å². The van der Waals surface area contributed by atoms with Crippen LogP contribution in [0.1, 0.15) is 12.6 Å². The Morgan fingerprint density at radius 2 is 2.17 bits per heavy atom. The zero-order chi connectivity index (χ0) is 12.7. The van der Waals surface area contributed by atoms with Gasteiger partial charge in [-0.25, -0.2) is 9.97 Å². The van der Waals surface area contributed by atoms with Crippen molar-refractivity contribution >= 4 is 28.4 Å². The lowest BCUT2D eigenvalue weighted by molar-refractivity contribution is -0.114. The molecule has 0 fully saturated rings. The van der Waals surface area contributed by atoms with Gasteiger partial charge in [0.1, 0.15) is 11.2 Å². The molecule has 0 aliphatic heterocycles. The standard InChI is InChI=1S/C13H12N4O/c1-8-7-10(15-9(2)18)12-13(14-8)17-6-4-3-5-11(17)16-12/h3-7H,1-2H3,(H,14,15,18). The van der Waals surface area contributed by atoms with Crippen molar-refractivity contribution in [3.05, 3.63) is 36.2 Å². The van der Waals surface area contributed by atoms with E-state index in [1.54, 1.807) is 0 Å². The van der Waals surface area contributed by atoms with Gasteiger partial charge in [0.15, 0.2) is 5.65 Å². The van der Waals surface area contributed by atoms with E-state index in [1.807, 2.05) is 41.8 Å². The smallest absolute Gasteiger partial charge is 0.221 e. The SMILES string of the molecule is CC(=O)Nc1cc(C)nc2c1nc1ccccn12. The van der Waals surface area contributed by atoms with Crippen molar-refractivity contribution in [2.45, 2.75) is 13.8 Å². The predicted molar refractivity (Wildman–Crippen MR) is 69.5 cm³/mol. The van der Waals surface area contributed by atoms with Crippen LogP contribution in [0.25, 0.3) is 16.8 Å². The van der Waals surface area contributed by atoms with E-state index in [2.05, 4.69) is 15.3 Å². The van der Waals surface area contributed by atoms with E-state index in [9.17, 15) is 4.79 Å². The average Bonchev–Trinajstić information content (AvgIpc) is 2.67. The molecule has 18 heavy (non-hydrogen) atoms. The fraction of sp³-hybridized carbons (Fsp3) is 0.154. The molecule has 0 unspecified atom stereocenters. The van der Waals surface area contributed by atoms with Crippen molar-refractivity contribution in [1.82, 2.24) is 14.4 Å². The third-order valence-corrected chi connectivity index (χ3v) is 2.71. The number of amides is 1. The summed E-state index contributed by atoms with van der Waals surface area (Å²) in [6, 6.07) is 7.59. The first-order chi connectivity index (χ1) is 8.65. The van der Waals surface area contributed by atoms with Gasteiger partial charge in [-0.05, 0) is 25.1 Å². The Bertz CT molecular complexity index is 760. The number of aryl methyl sites for hydroxylation is 1. The third-order valence-electron chi connectivity index (χ3n) is 2.71. The lowest BCUT2D eigenvalue weighted by atomic mass is 10.3. The van der Waals surface area contributed by atoms with Gasteiger partial charge in [0.05, 0.1) is 5.69 Å². The van der Waals surface area contributed by atoms with E-state index in [-0.39, 0.29) is 5.91 Å². The van der Waals surface area contributed by atoms with Crippen molar-refractivity contribution in [3.63, 3.8) is 0 Å². The summed E-state index contributed by atoms with van der Waals surface area (Å²) in [6.07, 6.45) is 1.91. The van der Waals surface area contributed by atoms with Gasteiger partial charge in [0.25, 0.3) is 0 Å². The molecule has 0 saturated carbocycles. The van der Waals surface area contributed by atoms with E-state index < -0.39 is 0 Å². The highest BCUT2D eigenvalue weighted by molar-refractivity contribution is 5.98. The van der Waals surface area contributed by atoms with Crippen LogP contribution in [0.15, 0.2) is 30.5 Å². The van der Waals surface area contributed by atoms with Gasteiger partial charge < -0.3 is 5.32 Å². The Morgan fingerprint density at radius 1 is 1.33 bits per heavy atom. The largest absolute Gasteiger partial charge is 0.324 e. The highest BCUT2D eigenvalue weighted by Crippen LogP contribution is 2.23. The number of nitrogens with zero attached hydrogens (tertiary/aromatic N) is 3. The second-order valence-electron chi connectivity index (χ2n) is 4.21. The fourth-order valence-corrected chi connectivity index (χ4v) is 2.03. The highest BCUT2D eigenvalue weighted by atomic mass is 16.1. The van der Waals surface area contributed by atoms with Crippen LogP contribution in [0.4, 0.5) is 5.69 Å². The van der Waals surface area contributed by atoms with E-state index in [0.717, 1.165) is 17.0 Å². The molecule has 1 amide bonds. The molecular weight excluding hydrogens is 228 g/mol. The number of pyridine rings is 2. The predicted octanol–water partition coefficient (Wildman–Crippen LogP) is 2.15. The van der Waals surface area contributed by atoms with Gasteiger partial charge in [-0.3, -0.25) is 9.20 Å². The molecule has 3 aromatic rings. The number of carbonyl (C=O) groups excluding carboxylic acids is 1. The summed E-state index contributed by atoms with van der Waals surface area (Å²) >= 11 is 0. The number of fused-ring (bicyclic) bond motifs is 3. The van der Waals surface area contributed by atoms with E-state index in [4.69, 9.17) is 0 Å². The first-order valence-corrected chi connectivity index (χ1v) is 5.67. The van der Waals surface area contributed by atoms with Crippen LogP contribution in [-0.2, 0) is 4.79 Å². The molecule has 3 heterocycles. The number of anilines is 1. The summed E-state index contributed by atoms with van der Waals surface area (Å²) in [6.45, 7) is 3.38. The van der Waals surface area contributed by atoms with E-state index in [1.165, 1.54) is 6.92 Å². The number of nitrogens with one attached hydrogen (secondary N) is 1. The van der Waals surface area contributed by atoms with Gasteiger partial charge in [-0.2, -0.15) is 0 Å². The number of rotatable bonds is 1. The maximum Gasteiger partial charge on any atom is 0.221 e. The molecule has 0 aliphatic carbocycles. The van der Waals surface area contributed by atoms with E-state index >= 15 is 0 Å². The van der Waals surface area contributed by atoms with Crippen LogP contribution >= 0.6 is 0 Å². The number of hydrogen-bond donors (Lipinski definition) is 1. The zero-order valence-corrected chi connectivity index (χ0v) is 10.1. The maximum absolute atomic E-state index is 11.2. The Hall–Kier alpha value is -2.43. The van der Waals surface area contributed by atoms with Crippen molar-refractivity contribution in [2.24, 2.45) is 0 Å². The topological polar surface area (TPSA) is 59.3 Å². The summed E-state index contributed by atoms with van der Waals surface area (Å²) in [4.78, 5) is 20.2. The minimum absolute atomic E-state index is 0.112. The van der Waals surface area contributed by atoms with E-state index in [0.29, 0.717) is 11.2 Å². The van der Waals surface area contributed by atoms with Crippen LogP contribution < -0.4 is 5.32 Å². The Labute approximate surface area is 103 Å². The molecule has 1 N–H and O–H groups in total. The van der Waals surface area contributed by atoms with Gasteiger partial charge in [0.2, 0.25) is 5.91 Å². The third kappa shape index (κ3) is 1.60. The van der Waals surface area contributed by atoms with Gasteiger partial charge in [-0.15, -0.1) is 0 Å².